The molecule has 0 aliphatic carbocycles. The van der Waals surface area contributed by atoms with Crippen LogP contribution >= 0.6 is 11.3 Å². The molecular formula is C21H17F3N2O3S. The molecule has 1 amide bonds. The van der Waals surface area contributed by atoms with Crippen LogP contribution in [0.2, 0.25) is 0 Å². The molecule has 30 heavy (non-hydrogen) atoms. The average molecular weight is 434 g/mol. The van der Waals surface area contributed by atoms with Crippen molar-refractivity contribution in [1.29, 1.82) is 0 Å². The number of esters is 1. The van der Waals surface area contributed by atoms with E-state index in [2.05, 4.69) is 4.98 Å². The van der Waals surface area contributed by atoms with Gasteiger partial charge >= 0.3 is 12.1 Å². The fourth-order valence-electron chi connectivity index (χ4n) is 2.73. The summed E-state index contributed by atoms with van der Waals surface area (Å²) in [4.78, 5) is 29.7. The second-order valence-corrected chi connectivity index (χ2v) is 7.25. The van der Waals surface area contributed by atoms with Crippen molar-refractivity contribution >= 4 is 34.0 Å². The third-order valence-electron chi connectivity index (χ3n) is 4.19. The van der Waals surface area contributed by atoms with E-state index in [1.807, 2.05) is 6.07 Å². The third kappa shape index (κ3) is 4.85. The Morgan fingerprint density at radius 2 is 1.87 bits per heavy atom. The minimum Gasteiger partial charge on any atom is -0.456 e. The molecule has 0 unspecified atom stereocenters. The maximum absolute atomic E-state index is 13.0. The minimum absolute atomic E-state index is 0.0510. The highest BCUT2D eigenvalue weighted by Crippen LogP contribution is 2.35. The number of hydrogen-bond donors (Lipinski definition) is 0. The van der Waals surface area contributed by atoms with Crippen molar-refractivity contribution in [3.05, 3.63) is 76.3 Å². The summed E-state index contributed by atoms with van der Waals surface area (Å²) < 4.78 is 44.3. The number of aryl methyl sites for hydroxylation is 1. The van der Waals surface area contributed by atoms with Gasteiger partial charge in [-0.25, -0.2) is 9.78 Å². The van der Waals surface area contributed by atoms with E-state index in [0.29, 0.717) is 11.3 Å². The van der Waals surface area contributed by atoms with Crippen LogP contribution < -0.4 is 4.90 Å². The lowest BCUT2D eigenvalue weighted by molar-refractivity contribution is -0.137. The van der Waals surface area contributed by atoms with Crippen molar-refractivity contribution in [2.24, 2.45) is 0 Å². The van der Waals surface area contributed by atoms with Gasteiger partial charge < -0.3 is 4.74 Å². The number of benzene rings is 2. The summed E-state index contributed by atoms with van der Waals surface area (Å²) in [7, 11) is 0. The van der Waals surface area contributed by atoms with Gasteiger partial charge in [-0.15, -0.1) is 11.3 Å². The molecule has 0 saturated carbocycles. The van der Waals surface area contributed by atoms with Crippen LogP contribution in [-0.4, -0.2) is 16.9 Å². The molecule has 0 fully saturated rings. The van der Waals surface area contributed by atoms with E-state index >= 15 is 0 Å². The van der Waals surface area contributed by atoms with Gasteiger partial charge in [0, 0.05) is 12.3 Å². The molecule has 0 saturated heterocycles. The highest BCUT2D eigenvalue weighted by atomic mass is 32.1. The van der Waals surface area contributed by atoms with Crippen molar-refractivity contribution in [3.8, 4) is 0 Å². The molecular weight excluding hydrogens is 417 g/mol. The van der Waals surface area contributed by atoms with Crippen LogP contribution in [-0.2, 0) is 22.3 Å². The van der Waals surface area contributed by atoms with E-state index in [1.165, 1.54) is 19.1 Å². The Labute approximate surface area is 174 Å². The standard InChI is InChI=1S/C21H17F3N2O3S/c1-13-6-3-4-9-18(13)19(28)29-11-16-12-30-20(25-16)26(14(2)27)17-8-5-7-15(10-17)21(22,23)24/h3-10,12H,11H2,1-2H3. The van der Waals surface area contributed by atoms with Gasteiger partial charge in [-0.3, -0.25) is 9.69 Å². The Kier molecular flexibility index (Phi) is 6.21. The van der Waals surface area contributed by atoms with Crippen LogP contribution in [0.3, 0.4) is 0 Å². The van der Waals surface area contributed by atoms with Crippen LogP contribution in [0.15, 0.2) is 53.9 Å². The Balaban J connectivity index is 1.78. The molecule has 0 N–H and O–H groups in total. The molecule has 156 valence electrons. The molecule has 0 aliphatic rings. The molecule has 5 nitrogen and oxygen atoms in total. The summed E-state index contributed by atoms with van der Waals surface area (Å²) in [5, 5.41) is 1.77. The number of carbonyl (C=O) groups is 2. The topological polar surface area (TPSA) is 59.5 Å². The molecule has 0 bridgehead atoms. The number of hydrogen-bond acceptors (Lipinski definition) is 5. The summed E-state index contributed by atoms with van der Waals surface area (Å²) in [5.74, 6) is -1.00. The zero-order valence-electron chi connectivity index (χ0n) is 16.1. The van der Waals surface area contributed by atoms with Gasteiger partial charge in [-0.1, -0.05) is 24.3 Å². The normalized spacial score (nSPS) is 11.2. The monoisotopic (exact) mass is 434 g/mol. The number of anilines is 2. The molecule has 0 radical (unpaired) electrons. The maximum Gasteiger partial charge on any atom is 0.416 e. The van der Waals surface area contributed by atoms with Crippen LogP contribution in [0.25, 0.3) is 0 Å². The second kappa shape index (κ2) is 8.66. The summed E-state index contributed by atoms with van der Waals surface area (Å²) in [6, 6.07) is 11.4. The van der Waals surface area contributed by atoms with Crippen molar-refractivity contribution in [2.45, 2.75) is 26.6 Å². The van der Waals surface area contributed by atoms with Gasteiger partial charge in [0.1, 0.15) is 6.61 Å². The van der Waals surface area contributed by atoms with Crippen molar-refractivity contribution in [1.82, 2.24) is 4.98 Å². The summed E-state index contributed by atoms with van der Waals surface area (Å²) in [6.45, 7) is 2.90. The van der Waals surface area contributed by atoms with E-state index < -0.39 is 23.6 Å². The van der Waals surface area contributed by atoms with Crippen molar-refractivity contribution in [2.75, 3.05) is 4.90 Å². The molecule has 3 rings (SSSR count). The Hall–Kier alpha value is -3.20. The van der Waals surface area contributed by atoms with Crippen molar-refractivity contribution in [3.63, 3.8) is 0 Å². The Bertz CT molecular complexity index is 1080. The lowest BCUT2D eigenvalue weighted by Gasteiger charge is -2.19. The smallest absolute Gasteiger partial charge is 0.416 e. The second-order valence-electron chi connectivity index (χ2n) is 6.41. The van der Waals surface area contributed by atoms with E-state index in [0.717, 1.165) is 33.9 Å². The van der Waals surface area contributed by atoms with Gasteiger partial charge in [0.05, 0.1) is 22.5 Å². The summed E-state index contributed by atoms with van der Waals surface area (Å²) in [5.41, 5.74) is 0.775. The number of ether oxygens (including phenoxy) is 1. The molecule has 0 atom stereocenters. The van der Waals surface area contributed by atoms with Gasteiger partial charge in [-0.2, -0.15) is 13.2 Å². The van der Waals surface area contributed by atoms with Crippen LogP contribution in [0.4, 0.5) is 24.0 Å². The first-order valence-corrected chi connectivity index (χ1v) is 9.70. The quantitative estimate of drug-likeness (QED) is 0.497. The number of amides is 1. The zero-order chi connectivity index (χ0) is 21.9. The molecule has 1 heterocycles. The van der Waals surface area contributed by atoms with E-state index in [4.69, 9.17) is 4.74 Å². The fraction of sp³-hybridized carbons (Fsp3) is 0.190. The fourth-order valence-corrected chi connectivity index (χ4v) is 3.60. The van der Waals surface area contributed by atoms with Crippen molar-refractivity contribution < 1.29 is 27.5 Å². The van der Waals surface area contributed by atoms with Gasteiger partial charge in [0.2, 0.25) is 5.91 Å². The SMILES string of the molecule is CC(=O)N(c1cccc(C(F)(F)F)c1)c1nc(COC(=O)c2ccccc2C)cs1. The predicted octanol–water partition coefficient (Wildman–Crippen LogP) is 5.51. The van der Waals surface area contributed by atoms with E-state index in [9.17, 15) is 22.8 Å². The summed E-state index contributed by atoms with van der Waals surface area (Å²) >= 11 is 1.07. The Morgan fingerprint density at radius 3 is 2.53 bits per heavy atom. The maximum atomic E-state index is 13.0. The van der Waals surface area contributed by atoms with E-state index in [1.54, 1.807) is 30.5 Å². The minimum atomic E-state index is -4.53. The zero-order valence-corrected chi connectivity index (χ0v) is 16.9. The predicted molar refractivity (Wildman–Crippen MR) is 107 cm³/mol. The highest BCUT2D eigenvalue weighted by Gasteiger charge is 2.31. The molecule has 1 aromatic heterocycles. The first kappa shape index (κ1) is 21.5. The van der Waals surface area contributed by atoms with Crippen LogP contribution in [0, 0.1) is 6.92 Å². The highest BCUT2D eigenvalue weighted by molar-refractivity contribution is 7.14. The number of rotatable bonds is 5. The average Bonchev–Trinajstić information content (AvgIpc) is 3.14. The Morgan fingerprint density at radius 1 is 1.13 bits per heavy atom. The van der Waals surface area contributed by atoms with Crippen LogP contribution in [0.5, 0.6) is 0 Å². The molecule has 0 spiro atoms. The van der Waals surface area contributed by atoms with E-state index in [-0.39, 0.29) is 17.4 Å². The largest absolute Gasteiger partial charge is 0.456 e. The van der Waals surface area contributed by atoms with Crippen LogP contribution in [0.1, 0.15) is 34.1 Å². The number of nitrogens with zero attached hydrogens (tertiary/aromatic N) is 2. The molecule has 9 heteroatoms. The number of halogens is 3. The summed E-state index contributed by atoms with van der Waals surface area (Å²) in [6.07, 6.45) is -4.53. The van der Waals surface area contributed by atoms with Gasteiger partial charge in [0.25, 0.3) is 0 Å². The lowest BCUT2D eigenvalue weighted by Crippen LogP contribution is -2.23. The number of aromatic nitrogens is 1. The molecule has 2 aromatic carbocycles. The molecule has 3 aromatic rings. The number of alkyl halides is 3. The first-order valence-electron chi connectivity index (χ1n) is 8.82. The number of carbonyl (C=O) groups excluding carboxylic acids is 2. The lowest BCUT2D eigenvalue weighted by atomic mass is 10.1. The number of thiazole rings is 1. The van der Waals surface area contributed by atoms with Gasteiger partial charge in [0.15, 0.2) is 5.13 Å². The molecule has 0 aliphatic heterocycles. The van der Waals surface area contributed by atoms with Gasteiger partial charge in [-0.05, 0) is 36.8 Å². The third-order valence-corrected chi connectivity index (χ3v) is 5.07. The first-order chi connectivity index (χ1) is 14.2.